The Balaban J connectivity index is 0.000000167. The van der Waals surface area contributed by atoms with Crippen LogP contribution < -0.4 is 61.7 Å². The predicted molar refractivity (Wildman–Crippen MR) is 564 cm³/mol. The number of hydrogen-bond acceptors (Lipinski definition) is 8. The van der Waals surface area contributed by atoms with Crippen LogP contribution >= 0.6 is 25.1 Å². The maximum atomic E-state index is 10.0. The number of ether oxygens (including phenoxy) is 1. The summed E-state index contributed by atoms with van der Waals surface area (Å²) in [5.74, 6) is 5.75. The van der Waals surface area contributed by atoms with Gasteiger partial charge in [-0.15, -0.1) is 84.0 Å². The Morgan fingerprint density at radius 2 is 1.12 bits per heavy atom. The van der Waals surface area contributed by atoms with Crippen molar-refractivity contribution < 1.29 is 96.0 Å². The van der Waals surface area contributed by atoms with Gasteiger partial charge in [-0.05, 0) is 150 Å². The van der Waals surface area contributed by atoms with Crippen molar-refractivity contribution in [1.82, 2.24) is 34.9 Å². The van der Waals surface area contributed by atoms with Crippen LogP contribution in [0.2, 0.25) is 0 Å². The van der Waals surface area contributed by atoms with Crippen LogP contribution in [0.5, 0.6) is 11.5 Å². The van der Waals surface area contributed by atoms with E-state index in [4.69, 9.17) is 15.2 Å². The second kappa shape index (κ2) is 56.5. The normalized spacial score (nSPS) is 11.6. The molecule has 13 aromatic carbocycles. The summed E-state index contributed by atoms with van der Waals surface area (Å²) in [6.07, 6.45) is 16.1. The number of nitrogens with one attached hydrogen (secondary N) is 1. The van der Waals surface area contributed by atoms with Crippen LogP contribution in [0.1, 0.15) is 49.9 Å². The summed E-state index contributed by atoms with van der Waals surface area (Å²) < 4.78 is 13.6. The van der Waals surface area contributed by atoms with Crippen molar-refractivity contribution in [2.24, 2.45) is 5.92 Å². The fourth-order valence-electron chi connectivity index (χ4n) is 14.6. The van der Waals surface area contributed by atoms with Crippen LogP contribution in [0.4, 0.5) is 22.7 Å². The number of carbonyl (C=O) groups is 1. The number of fused-ring (bicyclic) bond motifs is 4. The maximum Gasteiger partial charge on any atom is 1.00 e. The average Bonchev–Trinajstić information content (AvgIpc) is 1.55. The molecule has 0 bridgehead atoms. The molecule has 2 aliphatic heterocycles. The monoisotopic (exact) mass is 2190 g/mol. The molecular formula is C116H104BCu3N11O3P3Pt-3. The zero-order valence-corrected chi connectivity index (χ0v) is 84.7. The van der Waals surface area contributed by atoms with Gasteiger partial charge in [-0.25, -0.2) is 42.0 Å². The second-order valence-corrected chi connectivity index (χ2v) is 36.5. The molecule has 2 unspecified atom stereocenters. The zero-order valence-electron chi connectivity index (χ0n) is 76.6. The summed E-state index contributed by atoms with van der Waals surface area (Å²) in [7, 11) is 2.24. The molecule has 0 saturated heterocycles. The largest absolute Gasteiger partial charge is 1.00 e. The van der Waals surface area contributed by atoms with Crippen LogP contribution in [0.3, 0.4) is 0 Å². The number of hydrogen-bond donors (Lipinski definition) is 2. The first-order valence-corrected chi connectivity index (χ1v) is 47.9. The Labute approximate surface area is 862 Å². The van der Waals surface area contributed by atoms with Crippen molar-refractivity contribution in [2.75, 3.05) is 6.16 Å². The Bertz CT molecular complexity index is 6890. The first-order chi connectivity index (χ1) is 65.7. The number of aromatic nitrogens is 8. The van der Waals surface area contributed by atoms with E-state index in [1.807, 2.05) is 206 Å². The molecule has 0 spiro atoms. The molecule has 0 fully saturated rings. The molecule has 8 heterocycles. The molecule has 0 amide bonds. The van der Waals surface area contributed by atoms with E-state index >= 15 is 0 Å². The zero-order chi connectivity index (χ0) is 92.8. The van der Waals surface area contributed by atoms with Crippen molar-refractivity contribution in [2.45, 2.75) is 40.9 Å². The van der Waals surface area contributed by atoms with E-state index in [0.717, 1.165) is 101 Å². The Morgan fingerprint density at radius 1 is 0.580 bits per heavy atom. The number of para-hydroxylation sites is 8. The summed E-state index contributed by atoms with van der Waals surface area (Å²) in [6, 6.07) is 137. The number of aliphatic hydroxyl groups excluding tert-OH is 1. The standard InChI is InChI=1S/C30H24OP2.C17H20NP.C16H11N2.C14H12N.C13H9N4.C11H8N.C10H11BN2.C5H8O2.3Cu.Pt/c1-4-14-24(15-5-1)32-29-22-12-10-20-27(29)31-28-21-11-13-23-30(28)33(25-16-6-2-7-17-25)26-18-8-3-9-19-26;1-13(2)12-19-17-11-7-6-10-16(17)18-15-9-5-4-8-14(15)3;1-2-7-14-13(6-1)17-9-8-11-4-3-5-12-10-18(14)16(17)15(11)12;1-11-7-3-5-9-13(11)15-14-10-6-4-8-12(14)2;1-2-6-10(7-3-1)12-15-13(17-16-12)11-8-4-5-9-14-11;1-2-6-10(7-3-1)11-8-4-5-9-12-11;1-4-8-13-9-12-7-3-2-6-11-10(13)5-1;1-4(6)3-5(2)7;;;;/h1-23,32H;4-11,13,19H,3,12H2,1-2H3;1-9H,10H2;3-10H,1-2H2;1-9H;1-6,8-9H;1-8,12H,9H2;3,6H,1-2H3;;;;/q;-2;+1;-3;2*-1;+1;;;;+1;/p+1/b;;;;;;6-2-,7-3-;4-3-;;;;. The number of rotatable bonds is 18. The molecule has 14 nitrogen and oxygen atoms in total. The van der Waals surface area contributed by atoms with Gasteiger partial charge in [0.2, 0.25) is 6.67 Å². The van der Waals surface area contributed by atoms with Gasteiger partial charge in [0.25, 0.3) is 12.9 Å². The minimum Gasteiger partial charge on any atom is -0.774 e. The Hall–Kier alpha value is -13.2. The molecule has 0 aliphatic carbocycles. The fraction of sp³-hybridized carbons (Fsp3) is 0.0690. The fourth-order valence-corrected chi connectivity index (χ4v) is 19.5. The number of carbonyl (C=O) groups excluding carboxylic acids is 1. The summed E-state index contributed by atoms with van der Waals surface area (Å²) in [5, 5.41) is 39.5. The summed E-state index contributed by atoms with van der Waals surface area (Å²) >= 11 is 0. The van der Waals surface area contributed by atoms with Crippen LogP contribution in [-0.2, 0) is 90.3 Å². The number of benzene rings is 13. The minimum absolute atomic E-state index is 0. The Morgan fingerprint density at radius 3 is 1.72 bits per heavy atom. The molecule has 21 rings (SSSR count). The third kappa shape index (κ3) is 31.1. The molecule has 19 aromatic rings. The van der Waals surface area contributed by atoms with E-state index in [1.165, 1.54) is 96.5 Å². The number of nitrogens with zero attached hydrogens (tertiary/aromatic N) is 10. The summed E-state index contributed by atoms with van der Waals surface area (Å²) in [4.78, 5) is 22.8. The van der Waals surface area contributed by atoms with Crippen molar-refractivity contribution >= 4 is 126 Å². The van der Waals surface area contributed by atoms with E-state index in [9.17, 15) is 4.79 Å². The van der Waals surface area contributed by atoms with Gasteiger partial charge in [0, 0.05) is 96.8 Å². The minimum atomic E-state index is -1.22. The van der Waals surface area contributed by atoms with Crippen LogP contribution in [-0.4, -0.2) is 48.8 Å². The molecule has 138 heavy (non-hydrogen) atoms. The van der Waals surface area contributed by atoms with Gasteiger partial charge in [-0.1, -0.05) is 262 Å². The molecule has 6 aromatic heterocycles. The SMILES string of the molecule is CC(=O)/C=C(/C)O.[B]1/C=C\C=C/NC[n+]2ccccc21.[CH2-]c1ccccc1[N-]c1ccccc1PCC(C)C.[CH2-]c1ccccc1[N-]c1ccccc1[CH2-].[Cu+].[Cu].[Cu].[Pt].[c-]1ccccc1-c1ccccn1.c1cc2c3c(c1)ccn1c4ccccc4[n+](c31)C2.c1ccc(-c2n[n-]c(-c3ccccn3)n2)cc1.c1ccc(Pc2ccccc2Oc2ccccc2[PH+](c2ccccc2)c2ccccc2)cc1. The third-order valence-electron chi connectivity index (χ3n) is 20.9. The van der Waals surface area contributed by atoms with Crippen LogP contribution in [0.25, 0.3) is 72.3 Å². The van der Waals surface area contributed by atoms with Crippen molar-refractivity contribution in [3.8, 4) is 45.7 Å². The van der Waals surface area contributed by atoms with Crippen molar-refractivity contribution in [1.29, 1.82) is 0 Å². The molecule has 705 valence electrons. The van der Waals surface area contributed by atoms with Gasteiger partial charge in [-0.2, -0.15) is 27.2 Å². The number of ketones is 1. The topological polar surface area (TPSA) is 165 Å². The molecule has 2 N–H and O–H groups in total. The van der Waals surface area contributed by atoms with E-state index in [0.29, 0.717) is 20.2 Å². The second-order valence-electron chi connectivity index (χ2n) is 31.4. The smallest absolute Gasteiger partial charge is 0.774 e. The van der Waals surface area contributed by atoms with Crippen molar-refractivity contribution in [3.05, 3.63) is 515 Å². The molecule has 2 atom stereocenters. The third-order valence-corrected chi connectivity index (χ3v) is 26.8. The van der Waals surface area contributed by atoms with Crippen LogP contribution in [0, 0.1) is 32.8 Å². The number of aliphatic hydroxyl groups is 1. The molecule has 0 saturated carbocycles. The van der Waals surface area contributed by atoms with E-state index in [-0.39, 0.29) is 83.8 Å². The van der Waals surface area contributed by atoms with Gasteiger partial charge >= 0.3 is 17.1 Å². The van der Waals surface area contributed by atoms with Crippen molar-refractivity contribution in [3.63, 3.8) is 0 Å². The number of pyridine rings is 4. The van der Waals surface area contributed by atoms with Gasteiger partial charge in [0.1, 0.15) is 41.7 Å². The maximum absolute atomic E-state index is 10.0. The van der Waals surface area contributed by atoms with E-state index in [2.05, 4.69) is 322 Å². The first-order valence-electron chi connectivity index (χ1n) is 44.2. The van der Waals surface area contributed by atoms with Gasteiger partial charge in [0.15, 0.2) is 28.8 Å². The quantitative estimate of drug-likeness (QED) is 0.0212. The number of allylic oxidation sites excluding steroid dienone is 4. The number of imidazole rings is 1. The van der Waals surface area contributed by atoms with Gasteiger partial charge in [-0.3, -0.25) is 31.9 Å². The Kier molecular flexibility index (Phi) is 43.7. The van der Waals surface area contributed by atoms with E-state index in [1.54, 1.807) is 12.4 Å². The average molecular weight is 2190 g/mol. The van der Waals surface area contributed by atoms with Crippen LogP contribution in [0.15, 0.2) is 455 Å². The van der Waals surface area contributed by atoms with E-state index < -0.39 is 7.92 Å². The van der Waals surface area contributed by atoms with Gasteiger partial charge in [0.05, 0.1) is 28.9 Å². The molecule has 22 heteroatoms. The summed E-state index contributed by atoms with van der Waals surface area (Å²) in [6.45, 7) is 21.1. The molecule has 2 aliphatic rings. The predicted octanol–water partition coefficient (Wildman–Crippen LogP) is 23.7. The molecular weight excluding hydrogens is 2080 g/mol. The first kappa shape index (κ1) is 107. The molecule has 3 radical (unpaired) electrons. The van der Waals surface area contributed by atoms with Gasteiger partial charge < -0.3 is 40.9 Å². The summed E-state index contributed by atoms with van der Waals surface area (Å²) in [5.41, 5.74) is 17.0.